The summed E-state index contributed by atoms with van der Waals surface area (Å²) < 4.78 is 20.7. The summed E-state index contributed by atoms with van der Waals surface area (Å²) in [5, 5.41) is 30.0. The third kappa shape index (κ3) is 2.34. The summed E-state index contributed by atoms with van der Waals surface area (Å²) in [6, 6.07) is 3.81. The average Bonchev–Trinajstić information content (AvgIpc) is 2.17. The number of aliphatic hydroxyl groups is 1. The molecule has 0 aliphatic heterocycles. The molecule has 4 heteroatoms. The van der Waals surface area contributed by atoms with Gasteiger partial charge in [-0.2, -0.15) is 0 Å². The first-order valence-corrected chi connectivity index (χ1v) is 3.74. The van der Waals surface area contributed by atoms with Crippen LogP contribution in [-0.4, -0.2) is 28.8 Å². The average molecular weight is 187 g/mol. The van der Waals surface area contributed by atoms with E-state index in [1.54, 1.807) is 0 Å². The zero-order valence-electron chi connectivity index (χ0n) is 9.86. The first-order chi connectivity index (χ1) is 7.29. The van der Waals surface area contributed by atoms with E-state index in [1.807, 2.05) is 0 Å². The molecule has 0 bridgehead atoms. The number of rotatable bonds is 3. The Labute approximate surface area is 80.7 Å². The third-order valence-electron chi connectivity index (χ3n) is 1.68. The standard InChI is InChI=1S/C9H13NO3/c1-10-5-9(13)6-2-3-7(11)8(12)4-6/h2-4,9-13H,5H2,1H3/i1+1D3. The summed E-state index contributed by atoms with van der Waals surface area (Å²) in [5.41, 5.74) is 0.326. The third-order valence-corrected chi connectivity index (χ3v) is 1.68. The first-order valence-electron chi connectivity index (χ1n) is 5.24. The largest absolute Gasteiger partial charge is 0.504 e. The molecule has 1 aromatic rings. The Morgan fingerprint density at radius 2 is 2.23 bits per heavy atom. The molecule has 1 rings (SSSR count). The van der Waals surface area contributed by atoms with Gasteiger partial charge in [0.15, 0.2) is 11.5 Å². The number of aliphatic hydroxyl groups excluding tert-OH is 1. The molecule has 0 radical (unpaired) electrons. The number of benzene rings is 1. The summed E-state index contributed by atoms with van der Waals surface area (Å²) in [7, 11) is 0. The summed E-state index contributed by atoms with van der Waals surface area (Å²) in [6.45, 7) is -2.49. The SMILES string of the molecule is [2H][13C]([2H])([2H])NCC(O)c1ccc(O)c(O)c1. The molecule has 0 saturated carbocycles. The molecular formula is C9H13NO3. The van der Waals surface area contributed by atoms with Gasteiger partial charge in [0.2, 0.25) is 0 Å². The number of likely N-dealkylation sites (N-methyl/N-ethyl adjacent to an activating group) is 1. The highest BCUT2D eigenvalue weighted by molar-refractivity contribution is 5.41. The molecule has 1 unspecified atom stereocenters. The molecule has 0 spiro atoms. The predicted octanol–water partition coefficient (Wildman–Crippen LogP) is 0.351. The normalized spacial score (nSPS) is 17.2. The molecule has 0 fully saturated rings. The van der Waals surface area contributed by atoms with Gasteiger partial charge in [0.05, 0.1) is 6.10 Å². The maximum Gasteiger partial charge on any atom is 0.157 e. The smallest absolute Gasteiger partial charge is 0.157 e. The molecule has 4 nitrogen and oxygen atoms in total. The van der Waals surface area contributed by atoms with Gasteiger partial charge in [0.25, 0.3) is 0 Å². The molecule has 4 N–H and O–H groups in total. The maximum atomic E-state index is 9.59. The van der Waals surface area contributed by atoms with E-state index in [0.29, 0.717) is 5.56 Å². The van der Waals surface area contributed by atoms with Crippen molar-refractivity contribution in [1.82, 2.24) is 5.32 Å². The van der Waals surface area contributed by atoms with Crippen molar-refractivity contribution >= 4 is 0 Å². The fraction of sp³-hybridized carbons (Fsp3) is 0.333. The first kappa shape index (κ1) is 6.23. The zero-order chi connectivity index (χ0) is 12.3. The van der Waals surface area contributed by atoms with Crippen LogP contribution in [0.4, 0.5) is 0 Å². The Morgan fingerprint density at radius 1 is 1.46 bits per heavy atom. The molecule has 72 valence electrons. The predicted molar refractivity (Wildman–Crippen MR) is 48.7 cm³/mol. The van der Waals surface area contributed by atoms with E-state index in [1.165, 1.54) is 18.2 Å². The van der Waals surface area contributed by atoms with Crippen molar-refractivity contribution in [3.8, 4) is 11.5 Å². The topological polar surface area (TPSA) is 72.7 Å². The molecule has 1 atom stereocenters. The van der Waals surface area contributed by atoms with Crippen molar-refractivity contribution in [3.63, 3.8) is 0 Å². The van der Waals surface area contributed by atoms with E-state index >= 15 is 0 Å². The van der Waals surface area contributed by atoms with Gasteiger partial charge in [0, 0.05) is 10.7 Å². The quantitative estimate of drug-likeness (QED) is 0.407. The van der Waals surface area contributed by atoms with Crippen molar-refractivity contribution < 1.29 is 19.4 Å². The molecule has 1 aromatic carbocycles. The molecular weight excluding hydrogens is 171 g/mol. The minimum atomic E-state index is -2.32. The Balaban J connectivity index is 2.66. The highest BCUT2D eigenvalue weighted by Gasteiger charge is 2.08. The van der Waals surface area contributed by atoms with E-state index in [0.717, 1.165) is 0 Å². The van der Waals surface area contributed by atoms with Gasteiger partial charge in [-0.05, 0) is 24.7 Å². The Hall–Kier alpha value is -1.26. The molecule has 13 heavy (non-hydrogen) atoms. The second kappa shape index (κ2) is 4.11. The lowest BCUT2D eigenvalue weighted by atomic mass is 10.1. The number of phenolic OH excluding ortho intramolecular Hbond substituents is 2. The zero-order valence-corrected chi connectivity index (χ0v) is 6.86. The fourth-order valence-electron chi connectivity index (χ4n) is 0.962. The van der Waals surface area contributed by atoms with Gasteiger partial charge in [-0.1, -0.05) is 6.07 Å². The van der Waals surface area contributed by atoms with Crippen LogP contribution in [0.25, 0.3) is 0 Å². The van der Waals surface area contributed by atoms with Crippen molar-refractivity contribution in [2.24, 2.45) is 0 Å². The van der Waals surface area contributed by atoms with Crippen LogP contribution >= 0.6 is 0 Å². The second-order valence-corrected chi connectivity index (χ2v) is 2.64. The van der Waals surface area contributed by atoms with Gasteiger partial charge >= 0.3 is 0 Å². The van der Waals surface area contributed by atoms with E-state index in [2.05, 4.69) is 5.32 Å². The molecule has 0 aliphatic rings. The Bertz CT molecular complexity index is 368. The van der Waals surface area contributed by atoms with Crippen LogP contribution in [0.3, 0.4) is 0 Å². The Morgan fingerprint density at radius 3 is 2.85 bits per heavy atom. The van der Waals surface area contributed by atoms with Crippen LogP contribution in [0.1, 0.15) is 15.8 Å². The number of aromatic hydroxyl groups is 2. The van der Waals surface area contributed by atoms with Crippen LogP contribution in [0, 0.1) is 0 Å². The van der Waals surface area contributed by atoms with Crippen LogP contribution in [0.2, 0.25) is 0 Å². The van der Waals surface area contributed by atoms with Crippen LogP contribution < -0.4 is 5.32 Å². The van der Waals surface area contributed by atoms with Crippen molar-refractivity contribution in [1.29, 1.82) is 0 Å². The molecule has 0 aliphatic carbocycles. The monoisotopic (exact) mass is 187 g/mol. The summed E-state index contributed by atoms with van der Waals surface area (Å²) in [4.78, 5) is 0. The highest BCUT2D eigenvalue weighted by atomic mass is 16.3. The second-order valence-electron chi connectivity index (χ2n) is 2.64. The van der Waals surface area contributed by atoms with Crippen LogP contribution in [0.5, 0.6) is 11.5 Å². The number of hydrogen-bond acceptors (Lipinski definition) is 4. The minimum absolute atomic E-state index is 0.166. The minimum Gasteiger partial charge on any atom is -0.504 e. The highest BCUT2D eigenvalue weighted by Crippen LogP contribution is 2.27. The van der Waals surface area contributed by atoms with Gasteiger partial charge in [-0.25, -0.2) is 0 Å². The number of nitrogens with one attached hydrogen (secondary N) is 1. The van der Waals surface area contributed by atoms with Crippen molar-refractivity contribution in [2.75, 3.05) is 13.5 Å². The van der Waals surface area contributed by atoms with Gasteiger partial charge in [0.1, 0.15) is 0 Å². The molecule has 0 aromatic heterocycles. The van der Waals surface area contributed by atoms with Gasteiger partial charge in [-0.3, -0.25) is 0 Å². The van der Waals surface area contributed by atoms with Gasteiger partial charge in [-0.15, -0.1) is 0 Å². The van der Waals surface area contributed by atoms with E-state index in [9.17, 15) is 10.2 Å². The lowest BCUT2D eigenvalue weighted by molar-refractivity contribution is 0.177. The summed E-state index contributed by atoms with van der Waals surface area (Å²) in [6.07, 6.45) is -1.06. The lowest BCUT2D eigenvalue weighted by Crippen LogP contribution is -2.16. The van der Waals surface area contributed by atoms with Crippen molar-refractivity contribution in [3.05, 3.63) is 23.8 Å². The number of phenols is 2. The van der Waals surface area contributed by atoms with E-state index in [4.69, 9.17) is 9.22 Å². The maximum absolute atomic E-state index is 9.59. The fourth-order valence-corrected chi connectivity index (χ4v) is 0.962. The molecule has 0 amide bonds. The van der Waals surface area contributed by atoms with E-state index < -0.39 is 13.1 Å². The van der Waals surface area contributed by atoms with Crippen molar-refractivity contribution in [2.45, 2.75) is 6.10 Å². The van der Waals surface area contributed by atoms with E-state index in [-0.39, 0.29) is 18.0 Å². The molecule has 0 heterocycles. The molecule has 0 saturated heterocycles. The Kier molecular flexibility index (Phi) is 1.97. The van der Waals surface area contributed by atoms with Crippen LogP contribution in [-0.2, 0) is 0 Å². The summed E-state index contributed by atoms with van der Waals surface area (Å²) in [5.74, 6) is -0.648. The summed E-state index contributed by atoms with van der Waals surface area (Å²) >= 11 is 0. The van der Waals surface area contributed by atoms with Crippen LogP contribution in [0.15, 0.2) is 18.2 Å². The number of hydrogen-bond donors (Lipinski definition) is 4. The lowest BCUT2D eigenvalue weighted by Gasteiger charge is -2.10. The van der Waals surface area contributed by atoms with Gasteiger partial charge < -0.3 is 20.6 Å².